The van der Waals surface area contributed by atoms with Crippen molar-refractivity contribution in [3.8, 4) is 11.5 Å². The van der Waals surface area contributed by atoms with Crippen molar-refractivity contribution in [3.63, 3.8) is 0 Å². The lowest BCUT2D eigenvalue weighted by Gasteiger charge is -2.09. The molecule has 94 valence electrons. The number of benzene rings is 2. The fourth-order valence-electron chi connectivity index (χ4n) is 1.96. The average Bonchev–Trinajstić information content (AvgIpc) is 2.43. The van der Waals surface area contributed by atoms with Gasteiger partial charge in [0.25, 0.3) is 0 Å². The summed E-state index contributed by atoms with van der Waals surface area (Å²) < 4.78 is 10.7. The standard InChI is InChI=1S/C15H15BrO2/c1-17-13-6-5-12-8-11(4-3-7-16)9-15(18-2)14(12)10-13/h3,5-10H,4H2,1-2H3/b7-3-. The highest BCUT2D eigenvalue weighted by atomic mass is 79.9. The van der Waals surface area contributed by atoms with Crippen LogP contribution in [0.2, 0.25) is 0 Å². The summed E-state index contributed by atoms with van der Waals surface area (Å²) in [6.45, 7) is 0. The summed E-state index contributed by atoms with van der Waals surface area (Å²) in [5.74, 6) is 1.72. The lowest BCUT2D eigenvalue weighted by atomic mass is 10.0. The molecule has 2 aromatic rings. The smallest absolute Gasteiger partial charge is 0.127 e. The molecule has 0 aliphatic rings. The van der Waals surface area contributed by atoms with Crippen molar-refractivity contribution < 1.29 is 9.47 Å². The summed E-state index contributed by atoms with van der Waals surface area (Å²) in [7, 11) is 3.36. The van der Waals surface area contributed by atoms with Crippen molar-refractivity contribution in [3.05, 3.63) is 47.0 Å². The van der Waals surface area contributed by atoms with E-state index in [1.165, 1.54) is 5.56 Å². The molecule has 0 aliphatic heterocycles. The first-order valence-corrected chi connectivity index (χ1v) is 6.60. The Hall–Kier alpha value is -1.48. The van der Waals surface area contributed by atoms with E-state index in [1.807, 2.05) is 17.1 Å². The molecule has 2 aromatic carbocycles. The fraction of sp³-hybridized carbons (Fsp3) is 0.200. The van der Waals surface area contributed by atoms with Gasteiger partial charge in [-0.2, -0.15) is 0 Å². The normalized spacial score (nSPS) is 11.1. The highest BCUT2D eigenvalue weighted by Gasteiger charge is 2.05. The van der Waals surface area contributed by atoms with Gasteiger partial charge in [0.1, 0.15) is 11.5 Å². The predicted molar refractivity (Wildman–Crippen MR) is 78.8 cm³/mol. The summed E-state index contributed by atoms with van der Waals surface area (Å²) in [6.07, 6.45) is 2.94. The molecule has 0 bridgehead atoms. The quantitative estimate of drug-likeness (QED) is 0.838. The maximum Gasteiger partial charge on any atom is 0.127 e. The van der Waals surface area contributed by atoms with Crippen LogP contribution in [0, 0.1) is 0 Å². The van der Waals surface area contributed by atoms with Gasteiger partial charge in [0, 0.05) is 5.39 Å². The van der Waals surface area contributed by atoms with Crippen LogP contribution in [0.5, 0.6) is 11.5 Å². The largest absolute Gasteiger partial charge is 0.497 e. The molecule has 0 saturated heterocycles. The van der Waals surface area contributed by atoms with Crippen LogP contribution in [0.4, 0.5) is 0 Å². The molecule has 0 saturated carbocycles. The van der Waals surface area contributed by atoms with Gasteiger partial charge in [0.2, 0.25) is 0 Å². The molecule has 0 heterocycles. The lowest BCUT2D eigenvalue weighted by Crippen LogP contribution is -1.90. The molecule has 0 spiro atoms. The van der Waals surface area contributed by atoms with E-state index in [9.17, 15) is 0 Å². The second-order valence-corrected chi connectivity index (χ2v) is 4.48. The van der Waals surface area contributed by atoms with Crippen LogP contribution in [-0.4, -0.2) is 14.2 Å². The van der Waals surface area contributed by atoms with E-state index >= 15 is 0 Å². The molecule has 0 aliphatic carbocycles. The molecular weight excluding hydrogens is 292 g/mol. The minimum atomic E-state index is 0.842. The Balaban J connectivity index is 2.55. The van der Waals surface area contributed by atoms with Crippen molar-refractivity contribution in [1.29, 1.82) is 0 Å². The molecule has 0 aromatic heterocycles. The SMILES string of the molecule is COc1ccc2cc(C/C=C\Br)cc(OC)c2c1. The molecule has 2 rings (SSSR count). The number of allylic oxidation sites excluding steroid dienone is 1. The van der Waals surface area contributed by atoms with E-state index in [0.29, 0.717) is 0 Å². The van der Waals surface area contributed by atoms with E-state index in [1.54, 1.807) is 14.2 Å². The third-order valence-electron chi connectivity index (χ3n) is 2.85. The summed E-state index contributed by atoms with van der Waals surface area (Å²) in [5.41, 5.74) is 1.22. The molecule has 0 N–H and O–H groups in total. The third-order valence-corrected chi connectivity index (χ3v) is 3.22. The molecule has 0 atom stereocenters. The van der Waals surface area contributed by atoms with Crippen LogP contribution in [0.3, 0.4) is 0 Å². The van der Waals surface area contributed by atoms with Gasteiger partial charge in [-0.3, -0.25) is 0 Å². The molecule has 3 heteroatoms. The summed E-state index contributed by atoms with van der Waals surface area (Å²) in [4.78, 5) is 1.87. The van der Waals surface area contributed by atoms with Crippen LogP contribution < -0.4 is 9.47 Å². The van der Waals surface area contributed by atoms with Crippen LogP contribution in [-0.2, 0) is 6.42 Å². The number of rotatable bonds is 4. The van der Waals surface area contributed by atoms with E-state index in [4.69, 9.17) is 9.47 Å². The number of hydrogen-bond acceptors (Lipinski definition) is 2. The monoisotopic (exact) mass is 306 g/mol. The second kappa shape index (κ2) is 5.91. The van der Waals surface area contributed by atoms with E-state index < -0.39 is 0 Å². The number of ether oxygens (including phenoxy) is 2. The average molecular weight is 307 g/mol. The topological polar surface area (TPSA) is 18.5 Å². The maximum absolute atomic E-state index is 5.46. The Bertz CT molecular complexity index is 576. The van der Waals surface area contributed by atoms with Gasteiger partial charge in [-0.05, 0) is 40.6 Å². The number of hydrogen-bond donors (Lipinski definition) is 0. The Morgan fingerprint density at radius 1 is 1.11 bits per heavy atom. The molecule has 2 nitrogen and oxygen atoms in total. The van der Waals surface area contributed by atoms with E-state index in [0.717, 1.165) is 28.7 Å². The summed E-state index contributed by atoms with van der Waals surface area (Å²) >= 11 is 3.28. The van der Waals surface area contributed by atoms with Crippen molar-refractivity contribution in [2.75, 3.05) is 14.2 Å². The lowest BCUT2D eigenvalue weighted by molar-refractivity contribution is 0.412. The zero-order valence-electron chi connectivity index (χ0n) is 10.4. The van der Waals surface area contributed by atoms with Gasteiger partial charge >= 0.3 is 0 Å². The number of methoxy groups -OCH3 is 2. The minimum Gasteiger partial charge on any atom is -0.497 e. The van der Waals surface area contributed by atoms with Crippen molar-refractivity contribution >= 4 is 26.7 Å². The third kappa shape index (κ3) is 2.67. The Morgan fingerprint density at radius 2 is 1.94 bits per heavy atom. The summed E-state index contributed by atoms with van der Waals surface area (Å²) in [6, 6.07) is 10.3. The van der Waals surface area contributed by atoms with Gasteiger partial charge in [-0.15, -0.1) is 0 Å². The van der Waals surface area contributed by atoms with Gasteiger partial charge in [0.05, 0.1) is 14.2 Å². The van der Waals surface area contributed by atoms with E-state index in [2.05, 4.69) is 40.2 Å². The first-order valence-electron chi connectivity index (χ1n) is 5.68. The molecule has 0 amide bonds. The minimum absolute atomic E-state index is 0.842. The zero-order valence-corrected chi connectivity index (χ0v) is 12.0. The molecule has 0 radical (unpaired) electrons. The number of halogens is 1. The van der Waals surface area contributed by atoms with Crippen LogP contribution in [0.25, 0.3) is 10.8 Å². The second-order valence-electron chi connectivity index (χ2n) is 3.95. The van der Waals surface area contributed by atoms with Gasteiger partial charge < -0.3 is 9.47 Å². The van der Waals surface area contributed by atoms with Crippen LogP contribution in [0.1, 0.15) is 5.56 Å². The highest BCUT2D eigenvalue weighted by molar-refractivity contribution is 9.11. The molecule has 0 fully saturated rings. The first-order chi connectivity index (χ1) is 8.78. The molecule has 0 unspecified atom stereocenters. The zero-order chi connectivity index (χ0) is 13.0. The van der Waals surface area contributed by atoms with Crippen LogP contribution >= 0.6 is 15.9 Å². The Morgan fingerprint density at radius 3 is 2.61 bits per heavy atom. The van der Waals surface area contributed by atoms with Gasteiger partial charge in [-0.25, -0.2) is 0 Å². The number of fused-ring (bicyclic) bond motifs is 1. The predicted octanol–water partition coefficient (Wildman–Crippen LogP) is 4.31. The fourth-order valence-corrected chi connectivity index (χ4v) is 2.14. The maximum atomic E-state index is 5.46. The summed E-state index contributed by atoms with van der Waals surface area (Å²) in [5, 5.41) is 2.23. The van der Waals surface area contributed by atoms with Gasteiger partial charge in [-0.1, -0.05) is 34.1 Å². The molecule has 18 heavy (non-hydrogen) atoms. The van der Waals surface area contributed by atoms with Gasteiger partial charge in [0.15, 0.2) is 0 Å². The molecular formula is C15H15BrO2. The Labute approximate surface area is 115 Å². The van der Waals surface area contributed by atoms with Crippen LogP contribution in [0.15, 0.2) is 41.4 Å². The first kappa shape index (κ1) is 13.0. The van der Waals surface area contributed by atoms with E-state index in [-0.39, 0.29) is 0 Å². The van der Waals surface area contributed by atoms with Crippen molar-refractivity contribution in [2.45, 2.75) is 6.42 Å². The Kier molecular flexibility index (Phi) is 4.26. The highest BCUT2D eigenvalue weighted by Crippen LogP contribution is 2.31. The van der Waals surface area contributed by atoms with Crippen molar-refractivity contribution in [2.24, 2.45) is 0 Å². The van der Waals surface area contributed by atoms with Crippen molar-refractivity contribution in [1.82, 2.24) is 0 Å².